The van der Waals surface area contributed by atoms with Crippen LogP contribution in [-0.4, -0.2) is 28.1 Å². The Morgan fingerprint density at radius 3 is 2.85 bits per heavy atom. The second-order valence-corrected chi connectivity index (χ2v) is 6.16. The smallest absolute Gasteiger partial charge is 0.339 e. The maximum atomic E-state index is 12.3. The van der Waals surface area contributed by atoms with E-state index in [1.807, 2.05) is 17.5 Å². The summed E-state index contributed by atoms with van der Waals surface area (Å²) in [6.07, 6.45) is -0.799. The van der Waals surface area contributed by atoms with Crippen LogP contribution >= 0.6 is 11.3 Å². The first kappa shape index (κ1) is 17.5. The molecule has 3 rings (SSSR count). The van der Waals surface area contributed by atoms with Gasteiger partial charge in [-0.2, -0.15) is 0 Å². The van der Waals surface area contributed by atoms with Gasteiger partial charge in [-0.3, -0.25) is 10.1 Å². The zero-order valence-corrected chi connectivity index (χ0v) is 14.6. The molecule has 9 nitrogen and oxygen atoms in total. The topological polar surface area (TPSA) is 120 Å². The molecule has 1 aromatic carbocycles. The molecule has 134 valence electrons. The number of nitrogens with one attached hydrogen (secondary N) is 1. The number of aromatic nitrogens is 2. The van der Waals surface area contributed by atoms with Crippen LogP contribution in [0.15, 0.2) is 40.1 Å². The van der Waals surface area contributed by atoms with Crippen LogP contribution in [0, 0.1) is 10.1 Å². The third-order valence-electron chi connectivity index (χ3n) is 3.50. The van der Waals surface area contributed by atoms with Gasteiger partial charge in [-0.05, 0) is 30.5 Å². The van der Waals surface area contributed by atoms with Crippen LogP contribution in [0.25, 0.3) is 10.8 Å². The van der Waals surface area contributed by atoms with E-state index in [0.29, 0.717) is 11.6 Å². The molecule has 1 N–H and O–H groups in total. The average molecular weight is 374 g/mol. The SMILES string of the molecule is CNc1ccc(C(=O)OC(C)c2nnc(-c3cccs3)o2)cc1[N+](=O)[O-]. The summed E-state index contributed by atoms with van der Waals surface area (Å²) in [5.41, 5.74) is 0.144. The molecular weight excluding hydrogens is 360 g/mol. The highest BCUT2D eigenvalue weighted by atomic mass is 32.1. The number of hydrogen-bond acceptors (Lipinski definition) is 9. The second kappa shape index (κ2) is 7.31. The largest absolute Gasteiger partial charge is 0.449 e. The van der Waals surface area contributed by atoms with Gasteiger partial charge in [0.05, 0.1) is 15.4 Å². The Labute approximate surface area is 151 Å². The van der Waals surface area contributed by atoms with Gasteiger partial charge in [0.15, 0.2) is 6.10 Å². The van der Waals surface area contributed by atoms with Gasteiger partial charge >= 0.3 is 5.97 Å². The number of esters is 1. The summed E-state index contributed by atoms with van der Waals surface area (Å²) in [6.45, 7) is 1.58. The van der Waals surface area contributed by atoms with Gasteiger partial charge in [0.2, 0.25) is 0 Å². The van der Waals surface area contributed by atoms with E-state index in [1.165, 1.54) is 23.5 Å². The maximum Gasteiger partial charge on any atom is 0.339 e. The van der Waals surface area contributed by atoms with Gasteiger partial charge in [-0.15, -0.1) is 21.5 Å². The van der Waals surface area contributed by atoms with E-state index in [4.69, 9.17) is 9.15 Å². The number of nitrogens with zero attached hydrogens (tertiary/aromatic N) is 3. The molecule has 26 heavy (non-hydrogen) atoms. The molecule has 1 unspecified atom stereocenters. The molecule has 0 amide bonds. The number of thiophene rings is 1. The van der Waals surface area contributed by atoms with Crippen molar-refractivity contribution in [2.75, 3.05) is 12.4 Å². The Morgan fingerprint density at radius 1 is 1.38 bits per heavy atom. The van der Waals surface area contributed by atoms with Crippen molar-refractivity contribution in [2.45, 2.75) is 13.0 Å². The highest BCUT2D eigenvalue weighted by Gasteiger charge is 2.22. The van der Waals surface area contributed by atoms with Crippen molar-refractivity contribution in [3.8, 4) is 10.8 Å². The summed E-state index contributed by atoms with van der Waals surface area (Å²) in [5, 5.41) is 23.5. The minimum Gasteiger partial charge on any atom is -0.449 e. The highest BCUT2D eigenvalue weighted by molar-refractivity contribution is 7.13. The summed E-state index contributed by atoms with van der Waals surface area (Å²) in [7, 11) is 1.56. The number of carbonyl (C=O) groups excluding carboxylic acids is 1. The van der Waals surface area contributed by atoms with E-state index in [9.17, 15) is 14.9 Å². The number of benzene rings is 1. The van der Waals surface area contributed by atoms with Gasteiger partial charge in [-0.25, -0.2) is 4.79 Å². The summed E-state index contributed by atoms with van der Waals surface area (Å²) in [6, 6.07) is 7.74. The van der Waals surface area contributed by atoms with E-state index in [2.05, 4.69) is 15.5 Å². The normalized spacial score (nSPS) is 11.8. The average Bonchev–Trinajstić information content (AvgIpc) is 3.32. The molecule has 0 saturated heterocycles. The standard InChI is InChI=1S/C16H14N4O5S/c1-9(14-18-19-15(25-14)13-4-3-7-26-13)24-16(21)10-5-6-11(17-2)12(8-10)20(22)23/h3-9,17H,1-2H3. The first-order chi connectivity index (χ1) is 12.5. The zero-order chi connectivity index (χ0) is 18.7. The van der Waals surface area contributed by atoms with Crippen LogP contribution < -0.4 is 5.32 Å². The first-order valence-electron chi connectivity index (χ1n) is 7.54. The van der Waals surface area contributed by atoms with Gasteiger partial charge in [0, 0.05) is 13.1 Å². The quantitative estimate of drug-likeness (QED) is 0.394. The molecule has 10 heteroatoms. The van der Waals surface area contributed by atoms with Crippen molar-refractivity contribution in [2.24, 2.45) is 0 Å². The summed E-state index contributed by atoms with van der Waals surface area (Å²) in [4.78, 5) is 23.6. The third kappa shape index (κ3) is 3.54. The zero-order valence-electron chi connectivity index (χ0n) is 13.8. The van der Waals surface area contributed by atoms with Gasteiger partial charge in [0.25, 0.3) is 17.5 Å². The molecule has 2 aromatic heterocycles. The number of ether oxygens (including phenoxy) is 1. The molecule has 0 bridgehead atoms. The number of carbonyl (C=O) groups is 1. The molecule has 0 saturated carbocycles. The van der Waals surface area contributed by atoms with Crippen molar-refractivity contribution in [1.29, 1.82) is 0 Å². The molecular formula is C16H14N4O5S. The summed E-state index contributed by atoms with van der Waals surface area (Å²) in [5.74, 6) is -0.242. The molecule has 0 fully saturated rings. The van der Waals surface area contributed by atoms with Crippen LogP contribution in [0.5, 0.6) is 0 Å². The number of rotatable bonds is 6. The maximum absolute atomic E-state index is 12.3. The Hall–Kier alpha value is -3.27. The fourth-order valence-electron chi connectivity index (χ4n) is 2.20. The van der Waals surface area contributed by atoms with E-state index in [1.54, 1.807) is 14.0 Å². The molecule has 0 aliphatic carbocycles. The first-order valence-corrected chi connectivity index (χ1v) is 8.42. The predicted molar refractivity (Wildman–Crippen MR) is 94.1 cm³/mol. The van der Waals surface area contributed by atoms with Gasteiger partial charge < -0.3 is 14.5 Å². The fourth-order valence-corrected chi connectivity index (χ4v) is 2.84. The minimum atomic E-state index is -0.799. The lowest BCUT2D eigenvalue weighted by Crippen LogP contribution is -2.10. The molecule has 1 atom stereocenters. The van der Waals surface area contributed by atoms with Crippen molar-refractivity contribution in [3.05, 3.63) is 57.3 Å². The Bertz CT molecular complexity index is 938. The van der Waals surface area contributed by atoms with Crippen LogP contribution in [0.4, 0.5) is 11.4 Å². The van der Waals surface area contributed by atoms with Crippen molar-refractivity contribution in [1.82, 2.24) is 10.2 Å². The molecule has 2 heterocycles. The lowest BCUT2D eigenvalue weighted by molar-refractivity contribution is -0.384. The third-order valence-corrected chi connectivity index (χ3v) is 4.36. The van der Waals surface area contributed by atoms with Crippen molar-refractivity contribution >= 4 is 28.7 Å². The van der Waals surface area contributed by atoms with E-state index >= 15 is 0 Å². The second-order valence-electron chi connectivity index (χ2n) is 5.21. The van der Waals surface area contributed by atoms with E-state index < -0.39 is 17.0 Å². The minimum absolute atomic E-state index is 0.0561. The molecule has 3 aromatic rings. The molecule has 0 aliphatic rings. The molecule has 0 aliphatic heterocycles. The Morgan fingerprint density at radius 2 is 2.19 bits per heavy atom. The van der Waals surface area contributed by atoms with Gasteiger partial charge in [-0.1, -0.05) is 6.07 Å². The number of hydrogen-bond donors (Lipinski definition) is 1. The Balaban J connectivity index is 1.75. The van der Waals surface area contributed by atoms with Gasteiger partial charge in [0.1, 0.15) is 5.69 Å². The van der Waals surface area contributed by atoms with E-state index in [-0.39, 0.29) is 17.1 Å². The number of anilines is 1. The highest BCUT2D eigenvalue weighted by Crippen LogP contribution is 2.28. The van der Waals surface area contributed by atoms with E-state index in [0.717, 1.165) is 10.9 Å². The van der Waals surface area contributed by atoms with Crippen LogP contribution in [0.1, 0.15) is 29.3 Å². The van der Waals surface area contributed by atoms with Crippen LogP contribution in [-0.2, 0) is 4.74 Å². The lowest BCUT2D eigenvalue weighted by Gasteiger charge is -2.10. The predicted octanol–water partition coefficient (Wildman–Crippen LogP) is 3.67. The van der Waals surface area contributed by atoms with Crippen molar-refractivity contribution in [3.63, 3.8) is 0 Å². The molecule has 0 radical (unpaired) electrons. The number of nitro groups is 1. The summed E-state index contributed by atoms with van der Waals surface area (Å²) >= 11 is 1.45. The van der Waals surface area contributed by atoms with Crippen LogP contribution in [0.2, 0.25) is 0 Å². The Kier molecular flexibility index (Phi) is 4.94. The summed E-state index contributed by atoms with van der Waals surface area (Å²) < 4.78 is 10.8. The number of nitro benzene ring substituents is 1. The molecule has 0 spiro atoms. The monoisotopic (exact) mass is 374 g/mol. The van der Waals surface area contributed by atoms with Crippen LogP contribution in [0.3, 0.4) is 0 Å². The lowest BCUT2D eigenvalue weighted by atomic mass is 10.1. The fraction of sp³-hybridized carbons (Fsp3) is 0.188. The van der Waals surface area contributed by atoms with Crippen molar-refractivity contribution < 1.29 is 18.9 Å².